The SMILES string of the molecule is CO[C@H]1C(=O)[C@H](C)C[C@H](C)C=CC=CC=C(C)[C@@H](CO)C[C@@H]2CC[C@@H](C)[C@@](O)(O2)C(=O)C(=O)N2CCCCC2C(=O)O[C@H]([C@H](C)C[C@@H]2CC[C@@H](O)[C@H](CO)C2)CC(=O)/C(C)=C/C(C)[C@H]1O. The Morgan fingerprint density at radius 1 is 0.892 bits per heavy atom. The van der Waals surface area contributed by atoms with Gasteiger partial charge in [-0.05, 0) is 108 Å². The van der Waals surface area contributed by atoms with Crippen molar-refractivity contribution in [1.82, 2.24) is 4.90 Å². The zero-order chi connectivity index (χ0) is 48.2. The Morgan fingerprint density at radius 3 is 2.29 bits per heavy atom. The molecule has 2 unspecified atom stereocenters. The van der Waals surface area contributed by atoms with E-state index in [2.05, 4.69) is 0 Å². The summed E-state index contributed by atoms with van der Waals surface area (Å²) in [5, 5.41) is 54.1. The monoisotopic (exact) mass is 914 g/mol. The molecule has 5 N–H and O–H groups in total. The van der Waals surface area contributed by atoms with E-state index in [0.717, 1.165) is 10.5 Å². The molecule has 3 aliphatic heterocycles. The van der Waals surface area contributed by atoms with Gasteiger partial charge in [0.05, 0.1) is 18.3 Å². The van der Waals surface area contributed by atoms with Crippen molar-refractivity contribution in [1.29, 1.82) is 0 Å². The largest absolute Gasteiger partial charge is 0.460 e. The van der Waals surface area contributed by atoms with E-state index in [1.807, 2.05) is 51.2 Å². The third-order valence-corrected chi connectivity index (χ3v) is 14.8. The molecule has 0 aromatic rings. The molecule has 1 amide bonds. The molecule has 3 fully saturated rings. The van der Waals surface area contributed by atoms with E-state index in [1.54, 1.807) is 33.8 Å². The number of rotatable bonds is 6. The number of ether oxygens (including phenoxy) is 3. The van der Waals surface area contributed by atoms with Gasteiger partial charge in [0.15, 0.2) is 11.6 Å². The van der Waals surface area contributed by atoms with Crippen LogP contribution in [0.25, 0.3) is 0 Å². The predicted octanol–water partition coefficient (Wildman–Crippen LogP) is 5.37. The highest BCUT2D eigenvalue weighted by atomic mass is 16.6. The number of aliphatic hydroxyl groups excluding tert-OH is 4. The van der Waals surface area contributed by atoms with Gasteiger partial charge in [0, 0.05) is 62.9 Å². The normalized spacial score (nSPS) is 38.6. The Hall–Kier alpha value is -3.37. The van der Waals surface area contributed by atoms with Crippen LogP contribution in [0.2, 0.25) is 0 Å². The zero-order valence-electron chi connectivity index (χ0n) is 40.1. The van der Waals surface area contributed by atoms with Gasteiger partial charge in [-0.2, -0.15) is 0 Å². The number of aliphatic hydroxyl groups is 5. The number of fused-ring (bicyclic) bond motifs is 3. The number of amides is 1. The third kappa shape index (κ3) is 14.3. The Balaban J connectivity index is 1.70. The molecule has 4 rings (SSSR count). The molecule has 1 aliphatic carbocycles. The van der Waals surface area contributed by atoms with Gasteiger partial charge >= 0.3 is 5.97 Å². The van der Waals surface area contributed by atoms with E-state index in [-0.39, 0.29) is 80.2 Å². The fraction of sp³-hybridized carbons (Fsp3) is 0.745. The van der Waals surface area contributed by atoms with Gasteiger partial charge in [-0.15, -0.1) is 0 Å². The molecule has 3 heterocycles. The highest BCUT2D eigenvalue weighted by Crippen LogP contribution is 2.38. The molecule has 0 aromatic heterocycles. The maximum Gasteiger partial charge on any atom is 0.329 e. The number of allylic oxidation sites excluding steroid dienone is 6. The molecule has 4 aliphatic rings. The molecule has 2 saturated heterocycles. The lowest BCUT2D eigenvalue weighted by molar-refractivity contribution is -0.265. The molecule has 0 radical (unpaired) electrons. The summed E-state index contributed by atoms with van der Waals surface area (Å²) in [6.07, 6.45) is 11.3. The number of piperidine rings is 1. The molecule has 366 valence electrons. The fourth-order valence-corrected chi connectivity index (χ4v) is 10.3. The van der Waals surface area contributed by atoms with Gasteiger partial charge < -0.3 is 44.6 Å². The quantitative estimate of drug-likeness (QED) is 0.168. The Kier molecular flexibility index (Phi) is 21.0. The molecule has 65 heavy (non-hydrogen) atoms. The molecular weight excluding hydrogens is 835 g/mol. The fourth-order valence-electron chi connectivity index (χ4n) is 10.3. The van der Waals surface area contributed by atoms with E-state index in [0.29, 0.717) is 63.4 Å². The Bertz CT molecular complexity index is 1760. The average molecular weight is 914 g/mol. The summed E-state index contributed by atoms with van der Waals surface area (Å²) < 4.78 is 17.9. The van der Waals surface area contributed by atoms with Crippen molar-refractivity contribution in [3.05, 3.63) is 47.6 Å². The van der Waals surface area contributed by atoms with Crippen LogP contribution in [-0.4, -0.2) is 129 Å². The van der Waals surface area contributed by atoms with Gasteiger partial charge in [-0.3, -0.25) is 19.2 Å². The van der Waals surface area contributed by atoms with Crippen molar-refractivity contribution < 1.29 is 63.7 Å². The summed E-state index contributed by atoms with van der Waals surface area (Å²) in [4.78, 5) is 71.6. The number of carbonyl (C=O) groups excluding carboxylic acids is 5. The Morgan fingerprint density at radius 2 is 1.62 bits per heavy atom. The minimum Gasteiger partial charge on any atom is -0.460 e. The minimum absolute atomic E-state index is 0.00178. The van der Waals surface area contributed by atoms with Gasteiger partial charge in [0.1, 0.15) is 18.2 Å². The number of Topliss-reactive ketones (excluding diaryl/α,β-unsaturated/α-hetero) is 3. The van der Waals surface area contributed by atoms with Crippen molar-refractivity contribution in [3.63, 3.8) is 0 Å². The average Bonchev–Trinajstić information content (AvgIpc) is 3.28. The Labute approximate surface area is 386 Å². The van der Waals surface area contributed by atoms with Gasteiger partial charge in [-0.1, -0.05) is 76.6 Å². The number of cyclic esters (lactones) is 1. The van der Waals surface area contributed by atoms with Crippen LogP contribution in [0.3, 0.4) is 0 Å². The molecular formula is C51H79NO13. The number of carbonyl (C=O) groups is 5. The van der Waals surface area contributed by atoms with Gasteiger partial charge in [0.2, 0.25) is 5.79 Å². The smallest absolute Gasteiger partial charge is 0.329 e. The molecule has 0 aromatic carbocycles. The first kappa shape index (κ1) is 54.2. The second kappa shape index (κ2) is 25.1. The lowest BCUT2D eigenvalue weighted by Crippen LogP contribution is -2.60. The minimum atomic E-state index is -2.46. The molecule has 0 spiro atoms. The zero-order valence-corrected chi connectivity index (χ0v) is 40.1. The maximum absolute atomic E-state index is 14.3. The van der Waals surface area contributed by atoms with Crippen LogP contribution in [0.5, 0.6) is 0 Å². The van der Waals surface area contributed by atoms with Crippen LogP contribution in [0.4, 0.5) is 0 Å². The molecule has 1 saturated carbocycles. The molecule has 14 heteroatoms. The molecule has 15 atom stereocenters. The van der Waals surface area contributed by atoms with Gasteiger partial charge in [0.25, 0.3) is 11.7 Å². The first-order chi connectivity index (χ1) is 30.7. The van der Waals surface area contributed by atoms with Crippen molar-refractivity contribution in [2.24, 2.45) is 47.3 Å². The number of esters is 1. The second-order valence-electron chi connectivity index (χ2n) is 19.9. The van der Waals surface area contributed by atoms with E-state index in [9.17, 15) is 49.5 Å². The van der Waals surface area contributed by atoms with E-state index in [1.165, 1.54) is 7.11 Å². The lowest BCUT2D eigenvalue weighted by atomic mass is 9.75. The predicted molar refractivity (Wildman–Crippen MR) is 245 cm³/mol. The summed E-state index contributed by atoms with van der Waals surface area (Å²) in [5.74, 6) is -8.91. The van der Waals surface area contributed by atoms with Crippen LogP contribution in [0.15, 0.2) is 47.6 Å². The van der Waals surface area contributed by atoms with Crippen molar-refractivity contribution >= 4 is 29.2 Å². The summed E-state index contributed by atoms with van der Waals surface area (Å²) in [5.41, 5.74) is 1.14. The van der Waals surface area contributed by atoms with Crippen molar-refractivity contribution in [2.45, 2.75) is 168 Å². The highest BCUT2D eigenvalue weighted by Gasteiger charge is 2.53. The summed E-state index contributed by atoms with van der Waals surface area (Å²) in [6.45, 7) is 12.2. The third-order valence-electron chi connectivity index (χ3n) is 14.8. The molecule has 2 bridgehead atoms. The summed E-state index contributed by atoms with van der Waals surface area (Å²) in [7, 11) is 1.37. The standard InChI is InChI=1S/C51H79NO13/c1-30-14-10-9-11-15-31(2)38(28-53)26-40-19-17-36(7)51(62,65-40)48(59)49(60)52-21-13-12-16-41(52)50(61)64-44(33(4)24-37-18-20-42(55)39(25-37)29-54)27-43(56)32(3)23-35(6)46(58)47(63-8)45(57)34(5)22-30/h9-11,14-15,23,30,33-42,44,46-47,53-55,58,62H,12-13,16-22,24-29H2,1-8H3/b11-9?,14-10?,31-15?,32-23+/t30-,33-,34-,35?,36-,37+,38-,39+,40+,41?,42-,44+,46-,47+,51-/m1/s1. The van der Waals surface area contributed by atoms with E-state index >= 15 is 0 Å². The highest BCUT2D eigenvalue weighted by molar-refractivity contribution is 6.39. The van der Waals surface area contributed by atoms with Crippen molar-refractivity contribution in [2.75, 3.05) is 26.9 Å². The van der Waals surface area contributed by atoms with Crippen LogP contribution >= 0.6 is 0 Å². The van der Waals surface area contributed by atoms with Crippen LogP contribution in [-0.2, 0) is 38.2 Å². The van der Waals surface area contributed by atoms with E-state index in [4.69, 9.17) is 14.2 Å². The first-order valence-corrected chi connectivity index (χ1v) is 24.1. The van der Waals surface area contributed by atoms with Crippen LogP contribution in [0, 0.1) is 47.3 Å². The second-order valence-corrected chi connectivity index (χ2v) is 19.9. The topological polar surface area (TPSA) is 217 Å². The number of methoxy groups -OCH3 is 1. The van der Waals surface area contributed by atoms with Crippen LogP contribution < -0.4 is 0 Å². The van der Waals surface area contributed by atoms with Crippen LogP contribution in [0.1, 0.15) is 126 Å². The summed E-state index contributed by atoms with van der Waals surface area (Å²) >= 11 is 0. The van der Waals surface area contributed by atoms with E-state index < -0.39 is 77.8 Å². The maximum atomic E-state index is 14.3. The first-order valence-electron chi connectivity index (χ1n) is 24.1. The number of nitrogens with zero attached hydrogens (tertiary/aromatic N) is 1. The van der Waals surface area contributed by atoms with Gasteiger partial charge in [-0.25, -0.2) is 4.79 Å². The summed E-state index contributed by atoms with van der Waals surface area (Å²) in [6, 6.07) is -1.17. The molecule has 14 nitrogen and oxygen atoms in total. The lowest BCUT2D eigenvalue weighted by Gasteiger charge is -2.42. The van der Waals surface area contributed by atoms with Crippen molar-refractivity contribution in [3.8, 4) is 0 Å². The number of hydrogen-bond donors (Lipinski definition) is 5. The number of hydrogen-bond acceptors (Lipinski definition) is 13. The number of ketones is 3.